The van der Waals surface area contributed by atoms with E-state index in [9.17, 15) is 4.79 Å². The van der Waals surface area contributed by atoms with Gasteiger partial charge in [0, 0.05) is 13.6 Å². The molecule has 6 nitrogen and oxygen atoms in total. The number of carbonyl (C=O) groups is 1. The highest BCUT2D eigenvalue weighted by atomic mass is 35.5. The van der Waals surface area contributed by atoms with Gasteiger partial charge in [-0.15, -0.1) is 10.2 Å². The predicted octanol–water partition coefficient (Wildman–Crippen LogP) is 5.35. The molecule has 29 heavy (non-hydrogen) atoms. The van der Waals surface area contributed by atoms with Crippen LogP contribution in [0.3, 0.4) is 0 Å². The Morgan fingerprint density at radius 2 is 2.00 bits per heavy atom. The summed E-state index contributed by atoms with van der Waals surface area (Å²) >= 11 is 14.7. The number of amides is 1. The summed E-state index contributed by atoms with van der Waals surface area (Å²) in [5.74, 6) is 0.965. The largest absolute Gasteiger partial charge is 0.495 e. The lowest BCUT2D eigenvalue weighted by atomic mass is 10.2. The average Bonchev–Trinajstić information content (AvgIpc) is 3.16. The molecule has 3 aromatic rings. The van der Waals surface area contributed by atoms with Crippen LogP contribution in [-0.4, -0.2) is 40.9 Å². The number of benzene rings is 2. The van der Waals surface area contributed by atoms with E-state index >= 15 is 0 Å². The van der Waals surface area contributed by atoms with Gasteiger partial charge < -0.3 is 15.0 Å². The third kappa shape index (κ3) is 5.99. The first-order valence-corrected chi connectivity index (χ1v) is 11.1. The van der Waals surface area contributed by atoms with Gasteiger partial charge in [0.1, 0.15) is 5.75 Å². The normalized spacial score (nSPS) is 10.6. The van der Waals surface area contributed by atoms with Crippen molar-refractivity contribution in [3.63, 3.8) is 0 Å². The Balaban J connectivity index is 1.53. The molecular formula is C19H18Cl2N4O2S2. The predicted molar refractivity (Wildman–Crippen MR) is 120 cm³/mol. The third-order valence-electron chi connectivity index (χ3n) is 3.90. The highest BCUT2D eigenvalue weighted by Gasteiger charge is 2.13. The third-order valence-corrected chi connectivity index (χ3v) is 6.60. The average molecular weight is 469 g/mol. The van der Waals surface area contributed by atoms with E-state index in [0.29, 0.717) is 26.1 Å². The van der Waals surface area contributed by atoms with Crippen LogP contribution in [0.2, 0.25) is 10.0 Å². The zero-order chi connectivity index (χ0) is 20.8. The quantitative estimate of drug-likeness (QED) is 0.449. The van der Waals surface area contributed by atoms with Crippen molar-refractivity contribution in [1.82, 2.24) is 15.1 Å². The summed E-state index contributed by atoms with van der Waals surface area (Å²) in [6.45, 7) is 0.451. The second-order valence-electron chi connectivity index (χ2n) is 5.99. The van der Waals surface area contributed by atoms with Gasteiger partial charge in [-0.2, -0.15) is 0 Å². The first-order valence-electron chi connectivity index (χ1n) is 8.50. The molecule has 0 unspecified atom stereocenters. The minimum Gasteiger partial charge on any atom is -0.495 e. The van der Waals surface area contributed by atoms with Crippen molar-refractivity contribution in [3.8, 4) is 5.75 Å². The first kappa shape index (κ1) is 21.7. The molecule has 0 aliphatic carbocycles. The lowest BCUT2D eigenvalue weighted by molar-refractivity contribution is -0.127. The van der Waals surface area contributed by atoms with Gasteiger partial charge in [-0.05, 0) is 29.8 Å². The van der Waals surface area contributed by atoms with E-state index in [4.69, 9.17) is 27.9 Å². The number of hydrogen-bond donors (Lipinski definition) is 1. The maximum Gasteiger partial charge on any atom is 0.233 e. The van der Waals surface area contributed by atoms with E-state index < -0.39 is 0 Å². The Labute approximate surface area is 187 Å². The van der Waals surface area contributed by atoms with Crippen LogP contribution in [0.5, 0.6) is 5.75 Å². The summed E-state index contributed by atoms with van der Waals surface area (Å²) in [5.41, 5.74) is 1.72. The van der Waals surface area contributed by atoms with E-state index in [2.05, 4.69) is 15.5 Å². The van der Waals surface area contributed by atoms with E-state index in [0.717, 1.165) is 17.0 Å². The highest BCUT2D eigenvalue weighted by Crippen LogP contribution is 2.31. The fourth-order valence-electron chi connectivity index (χ4n) is 2.42. The summed E-state index contributed by atoms with van der Waals surface area (Å²) in [6, 6.07) is 12.9. The summed E-state index contributed by atoms with van der Waals surface area (Å²) < 4.78 is 6.02. The minimum absolute atomic E-state index is 0.0180. The molecule has 0 saturated heterocycles. The zero-order valence-corrected chi connectivity index (χ0v) is 18.8. The second-order valence-corrected chi connectivity index (χ2v) is 9.00. The first-order chi connectivity index (χ1) is 14.0. The van der Waals surface area contributed by atoms with Crippen LogP contribution in [0.4, 0.5) is 10.8 Å². The SMILES string of the molecule is COc1ccccc1Nc1nnc(SCC(=O)N(C)Cc2ccc(Cl)c(Cl)c2)s1. The molecule has 0 aliphatic heterocycles. The molecule has 0 saturated carbocycles. The van der Waals surface area contributed by atoms with E-state index in [1.165, 1.54) is 23.1 Å². The van der Waals surface area contributed by atoms with Gasteiger partial charge in [0.15, 0.2) is 4.34 Å². The van der Waals surface area contributed by atoms with E-state index in [-0.39, 0.29) is 11.7 Å². The van der Waals surface area contributed by atoms with Crippen molar-refractivity contribution in [2.45, 2.75) is 10.9 Å². The van der Waals surface area contributed by atoms with Crippen LogP contribution in [0, 0.1) is 0 Å². The van der Waals surface area contributed by atoms with Crippen molar-refractivity contribution in [1.29, 1.82) is 0 Å². The lowest BCUT2D eigenvalue weighted by Crippen LogP contribution is -2.27. The molecule has 0 aliphatic rings. The van der Waals surface area contributed by atoms with Gasteiger partial charge in [0.2, 0.25) is 11.0 Å². The Morgan fingerprint density at radius 3 is 2.76 bits per heavy atom. The summed E-state index contributed by atoms with van der Waals surface area (Å²) in [6.07, 6.45) is 0. The number of methoxy groups -OCH3 is 1. The molecule has 0 spiro atoms. The number of para-hydroxylation sites is 2. The standard InChI is InChI=1S/C19H18Cl2N4O2S2/c1-25(10-12-7-8-13(20)14(21)9-12)17(26)11-28-19-24-23-18(29-19)22-15-5-3-4-6-16(15)27-2/h3-9H,10-11H2,1-2H3,(H,22,23). The Bertz CT molecular complexity index is 1000. The molecule has 2 aromatic carbocycles. The number of rotatable bonds is 8. The lowest BCUT2D eigenvalue weighted by Gasteiger charge is -2.17. The van der Waals surface area contributed by atoms with E-state index in [1.807, 2.05) is 30.3 Å². The van der Waals surface area contributed by atoms with Gasteiger partial charge in [-0.1, -0.05) is 64.5 Å². The Morgan fingerprint density at radius 1 is 1.21 bits per heavy atom. The summed E-state index contributed by atoms with van der Waals surface area (Å²) in [7, 11) is 3.36. The van der Waals surface area contributed by atoms with Crippen LogP contribution >= 0.6 is 46.3 Å². The van der Waals surface area contributed by atoms with Gasteiger partial charge in [-0.25, -0.2) is 0 Å². The van der Waals surface area contributed by atoms with Crippen LogP contribution in [-0.2, 0) is 11.3 Å². The Kier molecular flexibility index (Phi) is 7.60. The van der Waals surface area contributed by atoms with Gasteiger partial charge in [-0.3, -0.25) is 4.79 Å². The van der Waals surface area contributed by atoms with Crippen molar-refractivity contribution < 1.29 is 9.53 Å². The van der Waals surface area contributed by atoms with Crippen molar-refractivity contribution in [2.24, 2.45) is 0 Å². The number of nitrogens with one attached hydrogen (secondary N) is 1. The molecule has 0 atom stereocenters. The molecule has 0 radical (unpaired) electrons. The van der Waals surface area contributed by atoms with Crippen molar-refractivity contribution in [2.75, 3.05) is 25.2 Å². The topological polar surface area (TPSA) is 67.3 Å². The monoisotopic (exact) mass is 468 g/mol. The second kappa shape index (κ2) is 10.2. The van der Waals surface area contributed by atoms with E-state index in [1.54, 1.807) is 31.2 Å². The number of anilines is 2. The number of thioether (sulfide) groups is 1. The van der Waals surface area contributed by atoms with Crippen LogP contribution in [0.1, 0.15) is 5.56 Å². The molecule has 152 valence electrons. The summed E-state index contributed by atoms with van der Waals surface area (Å²) in [5, 5.41) is 13.0. The number of nitrogens with zero attached hydrogens (tertiary/aromatic N) is 3. The van der Waals surface area contributed by atoms with Crippen LogP contribution < -0.4 is 10.1 Å². The fraction of sp³-hybridized carbons (Fsp3) is 0.211. The molecule has 3 rings (SSSR count). The van der Waals surface area contributed by atoms with Crippen molar-refractivity contribution in [3.05, 3.63) is 58.1 Å². The number of hydrogen-bond acceptors (Lipinski definition) is 7. The molecule has 1 N–H and O–H groups in total. The van der Waals surface area contributed by atoms with Gasteiger partial charge >= 0.3 is 0 Å². The van der Waals surface area contributed by atoms with Crippen molar-refractivity contribution >= 4 is 63.0 Å². The number of aromatic nitrogens is 2. The molecule has 10 heteroatoms. The number of halogens is 2. The maximum absolute atomic E-state index is 12.4. The molecular weight excluding hydrogens is 451 g/mol. The summed E-state index contributed by atoms with van der Waals surface area (Å²) in [4.78, 5) is 14.1. The minimum atomic E-state index is -0.0180. The molecule has 1 amide bonds. The molecule has 0 fully saturated rings. The van der Waals surface area contributed by atoms with Crippen LogP contribution in [0.15, 0.2) is 46.8 Å². The maximum atomic E-state index is 12.4. The molecule has 0 bridgehead atoms. The fourth-order valence-corrected chi connectivity index (χ4v) is 4.44. The Hall–Kier alpha value is -2.00. The number of ether oxygens (including phenoxy) is 1. The van der Waals surface area contributed by atoms with Gasteiger partial charge in [0.05, 0.1) is 28.6 Å². The molecule has 1 aromatic heterocycles. The smallest absolute Gasteiger partial charge is 0.233 e. The molecule has 1 heterocycles. The highest BCUT2D eigenvalue weighted by molar-refractivity contribution is 8.01. The number of carbonyl (C=O) groups excluding carboxylic acids is 1. The van der Waals surface area contributed by atoms with Crippen LogP contribution in [0.25, 0.3) is 0 Å². The van der Waals surface area contributed by atoms with Gasteiger partial charge in [0.25, 0.3) is 0 Å². The zero-order valence-electron chi connectivity index (χ0n) is 15.7.